The van der Waals surface area contributed by atoms with Crippen LogP contribution in [0.4, 0.5) is 4.79 Å². The van der Waals surface area contributed by atoms with Crippen LogP contribution in [-0.2, 0) is 11.3 Å². The van der Waals surface area contributed by atoms with Gasteiger partial charge in [0.15, 0.2) is 0 Å². The second kappa shape index (κ2) is 8.67. The number of amides is 2. The van der Waals surface area contributed by atoms with Crippen LogP contribution >= 0.6 is 0 Å². The normalized spacial score (nSPS) is 17.2. The number of carbonyl (C=O) groups excluding carboxylic acids is 1. The van der Waals surface area contributed by atoms with Crippen LogP contribution in [0.5, 0.6) is 0 Å². The van der Waals surface area contributed by atoms with Crippen LogP contribution in [0.1, 0.15) is 31.2 Å². The molecule has 3 rings (SSSR count). The lowest BCUT2D eigenvalue weighted by molar-refractivity contribution is 0.0118. The predicted molar refractivity (Wildman–Crippen MR) is 96.6 cm³/mol. The number of benzene rings is 1. The van der Waals surface area contributed by atoms with E-state index < -0.39 is 0 Å². The number of ether oxygens (including phenoxy) is 1. The molecule has 2 amide bonds. The van der Waals surface area contributed by atoms with Gasteiger partial charge < -0.3 is 15.0 Å². The zero-order valence-electron chi connectivity index (χ0n) is 14.7. The molecule has 25 heavy (non-hydrogen) atoms. The molecule has 0 bridgehead atoms. The highest BCUT2D eigenvalue weighted by Crippen LogP contribution is 2.15. The fourth-order valence-electron chi connectivity index (χ4n) is 3.03. The van der Waals surface area contributed by atoms with Gasteiger partial charge in [-0.25, -0.2) is 9.48 Å². The summed E-state index contributed by atoms with van der Waals surface area (Å²) in [4.78, 5) is 13.9. The summed E-state index contributed by atoms with van der Waals surface area (Å²) in [6, 6.07) is 9.91. The van der Waals surface area contributed by atoms with Crippen molar-refractivity contribution in [1.29, 1.82) is 0 Å². The van der Waals surface area contributed by atoms with Gasteiger partial charge in [-0.2, -0.15) is 5.10 Å². The third kappa shape index (κ3) is 5.06. The van der Waals surface area contributed by atoms with Gasteiger partial charge in [0, 0.05) is 39.1 Å². The zero-order chi connectivity index (χ0) is 17.5. The fourth-order valence-corrected chi connectivity index (χ4v) is 3.03. The average molecular weight is 342 g/mol. The van der Waals surface area contributed by atoms with E-state index in [-0.39, 0.29) is 6.03 Å². The summed E-state index contributed by atoms with van der Waals surface area (Å²) in [5.74, 6) is 0. The molecule has 1 atom stereocenters. The monoisotopic (exact) mass is 342 g/mol. The first-order valence-electron chi connectivity index (χ1n) is 8.92. The van der Waals surface area contributed by atoms with Gasteiger partial charge in [0.05, 0.1) is 11.8 Å². The molecule has 6 nitrogen and oxygen atoms in total. The van der Waals surface area contributed by atoms with Crippen molar-refractivity contribution in [3.63, 3.8) is 0 Å². The van der Waals surface area contributed by atoms with Crippen LogP contribution in [0, 0.1) is 0 Å². The minimum absolute atomic E-state index is 0.0491. The Bertz CT molecular complexity index is 649. The van der Waals surface area contributed by atoms with E-state index in [9.17, 15) is 4.79 Å². The highest BCUT2D eigenvalue weighted by atomic mass is 16.5. The molecule has 1 aromatic carbocycles. The van der Waals surface area contributed by atoms with E-state index in [2.05, 4.69) is 10.4 Å². The molecule has 0 radical (unpaired) electrons. The van der Waals surface area contributed by atoms with Crippen LogP contribution in [0.15, 0.2) is 42.7 Å². The lowest BCUT2D eigenvalue weighted by atomic mass is 10.1. The second-order valence-electron chi connectivity index (χ2n) is 6.48. The van der Waals surface area contributed by atoms with Crippen molar-refractivity contribution in [3.8, 4) is 5.69 Å². The molecule has 2 heterocycles. The summed E-state index contributed by atoms with van der Waals surface area (Å²) >= 11 is 0. The molecular formula is C19H26N4O2. The zero-order valence-corrected chi connectivity index (χ0v) is 14.7. The fraction of sp³-hybridized carbons (Fsp3) is 0.474. The summed E-state index contributed by atoms with van der Waals surface area (Å²) < 4.78 is 7.50. The first-order chi connectivity index (χ1) is 12.2. The molecule has 1 saturated heterocycles. The van der Waals surface area contributed by atoms with Crippen LogP contribution in [0.2, 0.25) is 0 Å². The van der Waals surface area contributed by atoms with Crippen molar-refractivity contribution in [2.24, 2.45) is 0 Å². The molecule has 134 valence electrons. The molecule has 1 fully saturated rings. The van der Waals surface area contributed by atoms with Gasteiger partial charge in [0.1, 0.15) is 0 Å². The maximum atomic E-state index is 12.2. The van der Waals surface area contributed by atoms with Crippen LogP contribution in [-0.4, -0.2) is 47.0 Å². The van der Waals surface area contributed by atoms with E-state index >= 15 is 0 Å². The van der Waals surface area contributed by atoms with Crippen LogP contribution < -0.4 is 5.32 Å². The van der Waals surface area contributed by atoms with E-state index in [0.29, 0.717) is 19.2 Å². The van der Waals surface area contributed by atoms with E-state index in [1.54, 1.807) is 11.1 Å². The van der Waals surface area contributed by atoms with Crippen molar-refractivity contribution in [2.75, 3.05) is 20.2 Å². The lowest BCUT2D eigenvalue weighted by Crippen LogP contribution is -2.38. The number of hydrogen-bond donors (Lipinski definition) is 1. The van der Waals surface area contributed by atoms with Crippen molar-refractivity contribution < 1.29 is 9.53 Å². The van der Waals surface area contributed by atoms with Gasteiger partial charge in [0.25, 0.3) is 0 Å². The minimum atomic E-state index is -0.0491. The maximum absolute atomic E-state index is 12.2. The third-order valence-electron chi connectivity index (χ3n) is 4.49. The van der Waals surface area contributed by atoms with Gasteiger partial charge >= 0.3 is 6.03 Å². The Morgan fingerprint density at radius 3 is 2.88 bits per heavy atom. The highest BCUT2D eigenvalue weighted by molar-refractivity contribution is 5.73. The Labute approximate surface area is 148 Å². The standard InChI is InChI=1S/C19H26N4O2/c1-22(19(24)20-12-10-18-5-2-3-14-25-18)15-16-6-8-17(9-7-16)23-13-4-11-21-23/h4,6-9,11,13,18H,2-3,5,10,12,14-15H2,1H3,(H,20,24)/t18-/m1/s1. The third-order valence-corrected chi connectivity index (χ3v) is 4.49. The smallest absolute Gasteiger partial charge is 0.317 e. The van der Waals surface area contributed by atoms with Crippen molar-refractivity contribution in [3.05, 3.63) is 48.3 Å². The molecule has 2 aromatic rings. The Hall–Kier alpha value is -2.34. The Morgan fingerprint density at radius 2 is 2.20 bits per heavy atom. The maximum Gasteiger partial charge on any atom is 0.317 e. The predicted octanol–water partition coefficient (Wildman–Crippen LogP) is 2.97. The van der Waals surface area contributed by atoms with Gasteiger partial charge in [-0.15, -0.1) is 0 Å². The number of aromatic nitrogens is 2. The summed E-state index contributed by atoms with van der Waals surface area (Å²) in [7, 11) is 1.81. The second-order valence-corrected chi connectivity index (χ2v) is 6.48. The van der Waals surface area contributed by atoms with Crippen molar-refractivity contribution in [1.82, 2.24) is 20.0 Å². The number of nitrogens with zero attached hydrogens (tertiary/aromatic N) is 3. The summed E-state index contributed by atoms with van der Waals surface area (Å²) in [5.41, 5.74) is 2.09. The minimum Gasteiger partial charge on any atom is -0.378 e. The molecule has 1 aliphatic rings. The van der Waals surface area contributed by atoms with Crippen LogP contribution in [0.25, 0.3) is 5.69 Å². The number of hydrogen-bond acceptors (Lipinski definition) is 3. The van der Waals surface area contributed by atoms with E-state index in [1.807, 2.05) is 48.3 Å². The summed E-state index contributed by atoms with van der Waals surface area (Å²) in [6.45, 7) is 2.09. The summed E-state index contributed by atoms with van der Waals surface area (Å²) in [6.07, 6.45) is 8.34. The SMILES string of the molecule is CN(Cc1ccc(-n2cccn2)cc1)C(=O)NCC[C@H]1CCCCO1. The van der Waals surface area contributed by atoms with Crippen LogP contribution in [0.3, 0.4) is 0 Å². The molecular weight excluding hydrogens is 316 g/mol. The number of rotatable bonds is 6. The van der Waals surface area contributed by atoms with Gasteiger partial charge in [0.2, 0.25) is 0 Å². The van der Waals surface area contributed by atoms with Crippen molar-refractivity contribution >= 4 is 6.03 Å². The molecule has 1 aliphatic heterocycles. The Balaban J connectivity index is 1.43. The van der Waals surface area contributed by atoms with Crippen molar-refractivity contribution in [2.45, 2.75) is 38.3 Å². The Morgan fingerprint density at radius 1 is 1.36 bits per heavy atom. The van der Waals surface area contributed by atoms with E-state index in [0.717, 1.165) is 37.1 Å². The van der Waals surface area contributed by atoms with E-state index in [1.165, 1.54) is 6.42 Å². The number of nitrogens with one attached hydrogen (secondary N) is 1. The van der Waals surface area contributed by atoms with Gasteiger partial charge in [-0.1, -0.05) is 12.1 Å². The highest BCUT2D eigenvalue weighted by Gasteiger charge is 2.14. The first-order valence-corrected chi connectivity index (χ1v) is 8.92. The Kier molecular flexibility index (Phi) is 6.06. The van der Waals surface area contributed by atoms with E-state index in [4.69, 9.17) is 4.74 Å². The summed E-state index contributed by atoms with van der Waals surface area (Å²) in [5, 5.41) is 7.19. The first kappa shape index (κ1) is 17.5. The molecule has 1 aromatic heterocycles. The molecule has 0 unspecified atom stereocenters. The molecule has 6 heteroatoms. The molecule has 0 saturated carbocycles. The number of urea groups is 1. The quantitative estimate of drug-likeness (QED) is 0.878. The number of carbonyl (C=O) groups is 1. The lowest BCUT2D eigenvalue weighted by Gasteiger charge is -2.23. The molecule has 1 N–H and O–H groups in total. The topological polar surface area (TPSA) is 59.4 Å². The van der Waals surface area contributed by atoms with Gasteiger partial charge in [-0.3, -0.25) is 0 Å². The molecule has 0 spiro atoms. The van der Waals surface area contributed by atoms with Gasteiger partial charge in [-0.05, 0) is 49.4 Å². The molecule has 0 aliphatic carbocycles. The largest absolute Gasteiger partial charge is 0.378 e. The average Bonchev–Trinajstić information content (AvgIpc) is 3.18.